The van der Waals surface area contributed by atoms with Crippen molar-refractivity contribution < 1.29 is 4.74 Å². The molecule has 2 aromatic heterocycles. The van der Waals surface area contributed by atoms with Crippen molar-refractivity contribution in [2.75, 3.05) is 19.0 Å². The predicted molar refractivity (Wildman–Crippen MR) is 77.0 cm³/mol. The van der Waals surface area contributed by atoms with Crippen LogP contribution in [0.3, 0.4) is 0 Å². The number of rotatable bonds is 6. The lowest BCUT2D eigenvalue weighted by Crippen LogP contribution is -2.26. The Morgan fingerprint density at radius 1 is 1.58 bits per heavy atom. The van der Waals surface area contributed by atoms with E-state index < -0.39 is 0 Å². The molecule has 2 heterocycles. The van der Waals surface area contributed by atoms with E-state index in [0.717, 1.165) is 0 Å². The summed E-state index contributed by atoms with van der Waals surface area (Å²) in [6.45, 7) is 1.44. The highest BCUT2D eigenvalue weighted by atomic mass is 35.5. The van der Waals surface area contributed by atoms with Gasteiger partial charge in [0, 0.05) is 18.5 Å². The summed E-state index contributed by atoms with van der Waals surface area (Å²) in [6, 6.07) is 3.99. The second-order valence-corrected chi connectivity index (χ2v) is 5.24. The summed E-state index contributed by atoms with van der Waals surface area (Å²) in [4.78, 5) is 13.1. The van der Waals surface area contributed by atoms with Crippen LogP contribution in [0.15, 0.2) is 28.5 Å². The Labute approximate surface area is 119 Å². The Bertz CT molecular complexity index is 583. The first-order valence-electron chi connectivity index (χ1n) is 5.73. The summed E-state index contributed by atoms with van der Waals surface area (Å²) >= 11 is 7.68. The van der Waals surface area contributed by atoms with Gasteiger partial charge in [0.15, 0.2) is 0 Å². The molecule has 0 saturated heterocycles. The molecule has 0 radical (unpaired) electrons. The minimum Gasteiger partial charge on any atom is -0.383 e. The third kappa shape index (κ3) is 3.56. The monoisotopic (exact) mass is 299 g/mol. The van der Waals surface area contributed by atoms with E-state index in [-0.39, 0.29) is 10.6 Å². The summed E-state index contributed by atoms with van der Waals surface area (Å²) in [7, 11) is 1.57. The van der Waals surface area contributed by atoms with Crippen molar-refractivity contribution in [1.82, 2.24) is 9.78 Å². The molecule has 7 heteroatoms. The summed E-state index contributed by atoms with van der Waals surface area (Å²) in [5.41, 5.74) is 0.239. The van der Waals surface area contributed by atoms with Crippen molar-refractivity contribution in [3.8, 4) is 0 Å². The zero-order valence-corrected chi connectivity index (χ0v) is 12.0. The van der Waals surface area contributed by atoms with Crippen molar-refractivity contribution in [1.29, 1.82) is 0 Å². The number of anilines is 1. The van der Waals surface area contributed by atoms with E-state index >= 15 is 0 Å². The lowest BCUT2D eigenvalue weighted by molar-refractivity contribution is 0.182. The molecule has 1 N–H and O–H groups in total. The minimum atomic E-state index is -0.310. The van der Waals surface area contributed by atoms with E-state index in [1.165, 1.54) is 9.56 Å². The molecule has 19 heavy (non-hydrogen) atoms. The van der Waals surface area contributed by atoms with Gasteiger partial charge in [-0.25, -0.2) is 4.68 Å². The Kier molecular flexibility index (Phi) is 4.95. The number of ether oxygens (including phenoxy) is 1. The predicted octanol–water partition coefficient (Wildman–Crippen LogP) is 2.22. The second kappa shape index (κ2) is 6.70. The van der Waals surface area contributed by atoms with E-state index in [1.54, 1.807) is 24.6 Å². The summed E-state index contributed by atoms with van der Waals surface area (Å²) in [5, 5.41) is 9.32. The molecule has 0 aliphatic heterocycles. The molecule has 2 rings (SSSR count). The van der Waals surface area contributed by atoms with Gasteiger partial charge >= 0.3 is 0 Å². The Morgan fingerprint density at radius 3 is 3.11 bits per heavy atom. The Balaban J connectivity index is 2.09. The first-order chi connectivity index (χ1) is 9.22. The number of hydrogen-bond acceptors (Lipinski definition) is 5. The van der Waals surface area contributed by atoms with Gasteiger partial charge < -0.3 is 10.1 Å². The van der Waals surface area contributed by atoms with Crippen molar-refractivity contribution in [2.24, 2.45) is 0 Å². The van der Waals surface area contributed by atoms with E-state index in [4.69, 9.17) is 16.3 Å². The molecule has 2 aromatic rings. The van der Waals surface area contributed by atoms with Gasteiger partial charge in [-0.2, -0.15) is 5.10 Å². The van der Waals surface area contributed by atoms with Crippen LogP contribution in [0.4, 0.5) is 5.69 Å². The van der Waals surface area contributed by atoms with E-state index in [2.05, 4.69) is 10.4 Å². The quantitative estimate of drug-likeness (QED) is 0.888. The van der Waals surface area contributed by atoms with Gasteiger partial charge in [0.25, 0.3) is 5.56 Å². The average molecular weight is 300 g/mol. The molecule has 102 valence electrons. The molecular weight excluding hydrogens is 286 g/mol. The number of nitrogens with zero attached hydrogens (tertiary/aromatic N) is 2. The fourth-order valence-corrected chi connectivity index (χ4v) is 2.38. The largest absolute Gasteiger partial charge is 0.383 e. The normalized spacial score (nSPS) is 10.6. The van der Waals surface area contributed by atoms with E-state index in [0.29, 0.717) is 25.4 Å². The highest BCUT2D eigenvalue weighted by molar-refractivity contribution is 7.09. The summed E-state index contributed by atoms with van der Waals surface area (Å²) in [6.07, 6.45) is 1.56. The van der Waals surface area contributed by atoms with Gasteiger partial charge in [0.1, 0.15) is 5.02 Å². The smallest absolute Gasteiger partial charge is 0.287 e. The number of aromatic nitrogens is 2. The zero-order valence-electron chi connectivity index (χ0n) is 10.4. The van der Waals surface area contributed by atoms with Gasteiger partial charge in [-0.05, 0) is 11.4 Å². The summed E-state index contributed by atoms with van der Waals surface area (Å²) < 4.78 is 6.20. The molecule has 0 aromatic carbocycles. The first kappa shape index (κ1) is 14.0. The number of nitrogens with one attached hydrogen (secondary N) is 1. The maximum absolute atomic E-state index is 11.9. The average Bonchev–Trinajstić information content (AvgIpc) is 2.92. The Hall–Kier alpha value is -1.37. The maximum Gasteiger partial charge on any atom is 0.287 e. The highest BCUT2D eigenvalue weighted by Crippen LogP contribution is 2.17. The maximum atomic E-state index is 11.9. The molecule has 0 aliphatic rings. The van der Waals surface area contributed by atoms with Gasteiger partial charge in [0.05, 0.1) is 25.0 Å². The van der Waals surface area contributed by atoms with Crippen LogP contribution in [0.25, 0.3) is 0 Å². The third-order valence-electron chi connectivity index (χ3n) is 2.53. The lowest BCUT2D eigenvalue weighted by Gasteiger charge is -2.09. The third-order valence-corrected chi connectivity index (χ3v) is 3.77. The van der Waals surface area contributed by atoms with Crippen LogP contribution in [0.2, 0.25) is 5.02 Å². The summed E-state index contributed by atoms with van der Waals surface area (Å²) in [5.74, 6) is 0. The van der Waals surface area contributed by atoms with Crippen LogP contribution in [0, 0.1) is 0 Å². The molecule has 0 aliphatic carbocycles. The minimum absolute atomic E-state index is 0.155. The second-order valence-electron chi connectivity index (χ2n) is 3.83. The van der Waals surface area contributed by atoms with Crippen LogP contribution < -0.4 is 10.9 Å². The van der Waals surface area contributed by atoms with Gasteiger partial charge in [-0.15, -0.1) is 11.3 Å². The molecule has 0 amide bonds. The van der Waals surface area contributed by atoms with Crippen LogP contribution in [-0.4, -0.2) is 23.5 Å². The van der Waals surface area contributed by atoms with Crippen molar-refractivity contribution in [3.63, 3.8) is 0 Å². The van der Waals surface area contributed by atoms with Crippen LogP contribution >= 0.6 is 22.9 Å². The standard InChI is InChI=1S/C12H14ClN3O2S/c1-18-5-4-16-12(17)11(13)10(8-15-16)14-7-9-3-2-6-19-9/h2-3,6,8,14H,4-5,7H2,1H3. The molecule has 5 nitrogen and oxygen atoms in total. The van der Waals surface area contributed by atoms with Gasteiger partial charge in [0.2, 0.25) is 0 Å². The van der Waals surface area contributed by atoms with Crippen LogP contribution in [-0.2, 0) is 17.8 Å². The van der Waals surface area contributed by atoms with Crippen molar-refractivity contribution in [3.05, 3.63) is 44.0 Å². The molecule has 0 fully saturated rings. The molecule has 0 spiro atoms. The lowest BCUT2D eigenvalue weighted by atomic mass is 10.4. The van der Waals surface area contributed by atoms with Gasteiger partial charge in [-0.3, -0.25) is 4.79 Å². The van der Waals surface area contributed by atoms with Crippen molar-refractivity contribution >= 4 is 28.6 Å². The van der Waals surface area contributed by atoms with E-state index in [1.807, 2.05) is 17.5 Å². The fraction of sp³-hybridized carbons (Fsp3) is 0.333. The SMILES string of the molecule is COCCn1ncc(NCc2cccs2)c(Cl)c1=O. The topological polar surface area (TPSA) is 56.1 Å². The highest BCUT2D eigenvalue weighted by Gasteiger charge is 2.09. The molecule has 0 atom stereocenters. The molecular formula is C12H14ClN3O2S. The number of hydrogen-bond donors (Lipinski definition) is 1. The number of methoxy groups -OCH3 is 1. The first-order valence-corrected chi connectivity index (χ1v) is 6.99. The number of thiophene rings is 1. The van der Waals surface area contributed by atoms with Gasteiger partial charge in [-0.1, -0.05) is 17.7 Å². The fourth-order valence-electron chi connectivity index (χ4n) is 1.52. The van der Waals surface area contributed by atoms with Crippen LogP contribution in [0.5, 0.6) is 0 Å². The Morgan fingerprint density at radius 2 is 2.42 bits per heavy atom. The van der Waals surface area contributed by atoms with Crippen LogP contribution in [0.1, 0.15) is 4.88 Å². The van der Waals surface area contributed by atoms with E-state index in [9.17, 15) is 4.79 Å². The zero-order chi connectivity index (χ0) is 13.7. The van der Waals surface area contributed by atoms with Crippen molar-refractivity contribution in [2.45, 2.75) is 13.1 Å². The molecule has 0 unspecified atom stereocenters. The molecule has 0 saturated carbocycles. The molecule has 0 bridgehead atoms. The number of halogens is 1.